The second-order valence-corrected chi connectivity index (χ2v) is 6.78. The van der Waals surface area contributed by atoms with Gasteiger partial charge in [-0.2, -0.15) is 5.10 Å². The van der Waals surface area contributed by atoms with E-state index in [2.05, 4.69) is 25.3 Å². The maximum atomic E-state index is 12.4. The Bertz CT molecular complexity index is 734. The van der Waals surface area contributed by atoms with Crippen molar-refractivity contribution in [3.63, 3.8) is 0 Å². The summed E-state index contributed by atoms with van der Waals surface area (Å²) in [4.78, 5) is 22.8. The molecule has 8 nitrogen and oxygen atoms in total. The second kappa shape index (κ2) is 6.89. The summed E-state index contributed by atoms with van der Waals surface area (Å²) in [7, 11) is 1.93. The lowest BCUT2D eigenvalue weighted by Crippen LogP contribution is -2.41. The van der Waals surface area contributed by atoms with Gasteiger partial charge in [0.1, 0.15) is 6.10 Å². The van der Waals surface area contributed by atoms with E-state index < -0.39 is 6.10 Å². The molecule has 0 bridgehead atoms. The molecule has 0 aromatic carbocycles. The normalized spacial score (nSPS) is 26.4. The fourth-order valence-electron chi connectivity index (χ4n) is 3.69. The van der Waals surface area contributed by atoms with Crippen LogP contribution in [0.15, 0.2) is 31.0 Å². The molecule has 4 rings (SSSR count). The van der Waals surface area contributed by atoms with Crippen LogP contribution >= 0.6 is 0 Å². The molecule has 4 heterocycles. The number of anilines is 1. The highest BCUT2D eigenvalue weighted by Gasteiger charge is 2.41. The molecular weight excluding hydrogens is 320 g/mol. The summed E-state index contributed by atoms with van der Waals surface area (Å²) < 4.78 is 7.87. The van der Waals surface area contributed by atoms with E-state index in [4.69, 9.17) is 4.74 Å². The summed E-state index contributed by atoms with van der Waals surface area (Å²) in [5.41, 5.74) is 1.20. The standard InChI is InChI=1S/C17H22N6O2/c1-22-9-12(7-20-22)10-23-5-2-13-6-14(25-15(13)11-23)17(24)21-16-8-18-3-4-19-16/h3-4,7-9,13-15H,2,5-6,10-11H2,1H3,(H,19,21,24)/t13-,14-,15+/m1/s1. The number of rotatable bonds is 4. The molecule has 0 aliphatic carbocycles. The molecule has 1 amide bonds. The van der Waals surface area contributed by atoms with Gasteiger partial charge in [-0.15, -0.1) is 0 Å². The SMILES string of the molecule is Cn1cc(CN2CC[C@@H]3C[C@H](C(=O)Nc4cnccn4)O[C@H]3C2)cn1. The number of likely N-dealkylation sites (tertiary alicyclic amines) is 1. The first kappa shape index (κ1) is 16.2. The highest BCUT2D eigenvalue weighted by molar-refractivity contribution is 5.93. The monoisotopic (exact) mass is 342 g/mol. The lowest BCUT2D eigenvalue weighted by Gasteiger charge is -2.33. The molecule has 3 atom stereocenters. The van der Waals surface area contributed by atoms with E-state index in [1.54, 1.807) is 12.4 Å². The van der Waals surface area contributed by atoms with E-state index in [0.29, 0.717) is 11.7 Å². The fourth-order valence-corrected chi connectivity index (χ4v) is 3.69. The van der Waals surface area contributed by atoms with Gasteiger partial charge in [0.2, 0.25) is 0 Å². The van der Waals surface area contributed by atoms with Crippen molar-refractivity contribution in [2.24, 2.45) is 13.0 Å². The minimum atomic E-state index is -0.407. The van der Waals surface area contributed by atoms with Crippen LogP contribution in [0.25, 0.3) is 0 Å². The van der Waals surface area contributed by atoms with Crippen LogP contribution in [0, 0.1) is 5.92 Å². The van der Waals surface area contributed by atoms with Crippen LogP contribution in [0.4, 0.5) is 5.82 Å². The first-order valence-electron chi connectivity index (χ1n) is 8.59. The summed E-state index contributed by atoms with van der Waals surface area (Å²) in [5.74, 6) is 0.778. The largest absolute Gasteiger partial charge is 0.364 e. The van der Waals surface area contributed by atoms with Crippen molar-refractivity contribution >= 4 is 11.7 Å². The van der Waals surface area contributed by atoms with Gasteiger partial charge >= 0.3 is 0 Å². The average molecular weight is 342 g/mol. The van der Waals surface area contributed by atoms with Gasteiger partial charge in [-0.25, -0.2) is 4.98 Å². The van der Waals surface area contributed by atoms with Crippen molar-refractivity contribution in [1.82, 2.24) is 24.6 Å². The molecule has 2 saturated heterocycles. The van der Waals surface area contributed by atoms with Crippen LogP contribution in [0.3, 0.4) is 0 Å². The lowest BCUT2D eigenvalue weighted by molar-refractivity contribution is -0.127. The topological polar surface area (TPSA) is 85.2 Å². The molecule has 1 N–H and O–H groups in total. The number of carbonyl (C=O) groups excluding carboxylic acids is 1. The Morgan fingerprint density at radius 1 is 1.40 bits per heavy atom. The molecule has 132 valence electrons. The molecule has 2 aliphatic rings. The van der Waals surface area contributed by atoms with Gasteiger partial charge < -0.3 is 10.1 Å². The number of fused-ring (bicyclic) bond motifs is 1. The van der Waals surface area contributed by atoms with E-state index in [9.17, 15) is 4.79 Å². The third-order valence-electron chi connectivity index (χ3n) is 4.91. The Hall–Kier alpha value is -2.32. The average Bonchev–Trinajstić information content (AvgIpc) is 3.21. The van der Waals surface area contributed by atoms with E-state index in [1.807, 2.05) is 24.1 Å². The van der Waals surface area contributed by atoms with Gasteiger partial charge in [-0.05, 0) is 25.3 Å². The number of nitrogens with zero attached hydrogens (tertiary/aromatic N) is 5. The Morgan fingerprint density at radius 2 is 2.32 bits per heavy atom. The quantitative estimate of drug-likeness (QED) is 0.886. The molecule has 2 aromatic heterocycles. The number of ether oxygens (including phenoxy) is 1. The minimum Gasteiger partial charge on any atom is -0.364 e. The van der Waals surface area contributed by atoms with Gasteiger partial charge in [-0.3, -0.25) is 19.4 Å². The van der Waals surface area contributed by atoms with E-state index >= 15 is 0 Å². The van der Waals surface area contributed by atoms with Crippen molar-refractivity contribution < 1.29 is 9.53 Å². The molecule has 0 saturated carbocycles. The molecule has 2 fully saturated rings. The Kier molecular flexibility index (Phi) is 4.46. The van der Waals surface area contributed by atoms with Crippen LogP contribution in [0.2, 0.25) is 0 Å². The van der Waals surface area contributed by atoms with Crippen LogP contribution in [-0.4, -0.2) is 55.9 Å². The third-order valence-corrected chi connectivity index (χ3v) is 4.91. The molecule has 8 heteroatoms. The summed E-state index contributed by atoms with van der Waals surface area (Å²) in [6, 6.07) is 0. The number of aromatic nitrogens is 4. The molecule has 25 heavy (non-hydrogen) atoms. The van der Waals surface area contributed by atoms with Crippen molar-refractivity contribution in [2.45, 2.75) is 31.6 Å². The number of amides is 1. The summed E-state index contributed by atoms with van der Waals surface area (Å²) in [6.45, 7) is 2.75. The van der Waals surface area contributed by atoms with E-state index in [-0.39, 0.29) is 12.0 Å². The van der Waals surface area contributed by atoms with Crippen LogP contribution in [-0.2, 0) is 23.1 Å². The van der Waals surface area contributed by atoms with E-state index in [1.165, 1.54) is 11.8 Å². The molecular formula is C17H22N6O2. The predicted octanol–water partition coefficient (Wildman–Crippen LogP) is 0.828. The molecule has 0 spiro atoms. The predicted molar refractivity (Wildman–Crippen MR) is 90.5 cm³/mol. The molecule has 0 unspecified atom stereocenters. The zero-order valence-electron chi connectivity index (χ0n) is 14.2. The van der Waals surface area contributed by atoms with Crippen molar-refractivity contribution in [1.29, 1.82) is 0 Å². The number of hydrogen-bond donors (Lipinski definition) is 1. The Morgan fingerprint density at radius 3 is 3.08 bits per heavy atom. The first-order chi connectivity index (χ1) is 12.2. The van der Waals surface area contributed by atoms with Crippen LogP contribution in [0.5, 0.6) is 0 Å². The molecule has 0 radical (unpaired) electrons. The highest BCUT2D eigenvalue weighted by Crippen LogP contribution is 2.34. The molecule has 2 aliphatic heterocycles. The molecule has 2 aromatic rings. The summed E-state index contributed by atoms with van der Waals surface area (Å²) >= 11 is 0. The third kappa shape index (κ3) is 3.69. The number of aryl methyl sites for hydroxylation is 1. The minimum absolute atomic E-state index is 0.114. The zero-order valence-corrected chi connectivity index (χ0v) is 14.2. The van der Waals surface area contributed by atoms with Crippen molar-refractivity contribution in [3.8, 4) is 0 Å². The number of hydrogen-bond acceptors (Lipinski definition) is 6. The van der Waals surface area contributed by atoms with E-state index in [0.717, 1.165) is 32.5 Å². The van der Waals surface area contributed by atoms with Crippen LogP contribution in [0.1, 0.15) is 18.4 Å². The van der Waals surface area contributed by atoms with Crippen LogP contribution < -0.4 is 5.32 Å². The van der Waals surface area contributed by atoms with Crippen molar-refractivity contribution in [2.75, 3.05) is 18.4 Å². The van der Waals surface area contributed by atoms with Crippen molar-refractivity contribution in [3.05, 3.63) is 36.5 Å². The Balaban J connectivity index is 1.33. The van der Waals surface area contributed by atoms with Gasteiger partial charge in [0.05, 0.1) is 18.5 Å². The lowest BCUT2D eigenvalue weighted by atomic mass is 9.91. The smallest absolute Gasteiger partial charge is 0.254 e. The first-order valence-corrected chi connectivity index (χ1v) is 8.59. The zero-order chi connectivity index (χ0) is 17.2. The number of piperidine rings is 1. The summed E-state index contributed by atoms with van der Waals surface area (Å²) in [6.07, 6.45) is 10.1. The maximum absolute atomic E-state index is 12.4. The summed E-state index contributed by atoms with van der Waals surface area (Å²) in [5, 5.41) is 7.00. The highest BCUT2D eigenvalue weighted by atomic mass is 16.5. The van der Waals surface area contributed by atoms with Gasteiger partial charge in [-0.1, -0.05) is 0 Å². The number of nitrogens with one attached hydrogen (secondary N) is 1. The fraction of sp³-hybridized carbons (Fsp3) is 0.529. The van der Waals surface area contributed by atoms with Gasteiger partial charge in [0.25, 0.3) is 5.91 Å². The Labute approximate surface area is 146 Å². The second-order valence-electron chi connectivity index (χ2n) is 6.78. The number of carbonyl (C=O) groups is 1. The van der Waals surface area contributed by atoms with Gasteiger partial charge in [0.15, 0.2) is 5.82 Å². The van der Waals surface area contributed by atoms with Gasteiger partial charge in [0, 0.05) is 44.3 Å². The maximum Gasteiger partial charge on any atom is 0.254 e.